The highest BCUT2D eigenvalue weighted by Crippen LogP contribution is 2.31. The van der Waals surface area contributed by atoms with E-state index in [0.717, 1.165) is 33.8 Å². The summed E-state index contributed by atoms with van der Waals surface area (Å²) in [5.41, 5.74) is 6.30. The Morgan fingerprint density at radius 3 is 2.63 bits per heavy atom. The minimum Gasteiger partial charge on any atom is -0.457 e. The molecule has 0 amide bonds. The molecule has 0 aliphatic rings. The van der Waals surface area contributed by atoms with Crippen LogP contribution < -0.4 is 15.0 Å². The van der Waals surface area contributed by atoms with Gasteiger partial charge in [0.2, 0.25) is 5.95 Å². The van der Waals surface area contributed by atoms with Crippen LogP contribution in [-0.2, 0) is 13.6 Å². The number of benzene rings is 3. The first-order chi connectivity index (χ1) is 18.5. The largest absolute Gasteiger partial charge is 0.457 e. The Morgan fingerprint density at radius 1 is 0.921 bits per heavy atom. The second-order valence-corrected chi connectivity index (χ2v) is 9.18. The number of fused-ring (bicyclic) bond motifs is 2. The molecule has 0 atom stereocenters. The van der Waals surface area contributed by atoms with Crippen LogP contribution >= 0.6 is 0 Å². The van der Waals surface area contributed by atoms with E-state index in [1.165, 1.54) is 11.9 Å². The molecule has 9 heteroatoms. The summed E-state index contributed by atoms with van der Waals surface area (Å²) in [6.07, 6.45) is 5.04. The van der Waals surface area contributed by atoms with Crippen molar-refractivity contribution in [1.29, 1.82) is 0 Å². The van der Waals surface area contributed by atoms with Gasteiger partial charge in [0.05, 0.1) is 23.6 Å². The number of aryl methyl sites for hydroxylation is 2. The van der Waals surface area contributed by atoms with Gasteiger partial charge in [-0.25, -0.2) is 24.9 Å². The molecule has 0 aliphatic carbocycles. The number of hydrogen-bond donors (Lipinski definition) is 1. The zero-order chi connectivity index (χ0) is 26.1. The minimum atomic E-state index is 0.601. The molecule has 9 nitrogen and oxygen atoms in total. The Kier molecular flexibility index (Phi) is 6.01. The Hall–Kier alpha value is -5.05. The fraction of sp³-hybridized carbons (Fsp3) is 0.138. The number of anilines is 3. The van der Waals surface area contributed by atoms with Crippen molar-refractivity contribution in [3.8, 4) is 11.5 Å². The molecular weight excluding hydrogens is 476 g/mol. The summed E-state index contributed by atoms with van der Waals surface area (Å²) >= 11 is 0. The lowest BCUT2D eigenvalue weighted by atomic mass is 10.2. The molecule has 6 rings (SSSR count). The van der Waals surface area contributed by atoms with Crippen LogP contribution in [-0.4, -0.2) is 36.5 Å². The van der Waals surface area contributed by atoms with Crippen molar-refractivity contribution < 1.29 is 4.74 Å². The highest BCUT2D eigenvalue weighted by Gasteiger charge is 2.12. The van der Waals surface area contributed by atoms with Crippen LogP contribution in [0.4, 0.5) is 17.5 Å². The molecule has 1 N–H and O–H groups in total. The van der Waals surface area contributed by atoms with Crippen molar-refractivity contribution in [3.63, 3.8) is 0 Å². The van der Waals surface area contributed by atoms with Crippen LogP contribution in [0.3, 0.4) is 0 Å². The van der Waals surface area contributed by atoms with E-state index in [9.17, 15) is 0 Å². The molecule has 6 aromatic rings. The fourth-order valence-corrected chi connectivity index (χ4v) is 4.33. The zero-order valence-electron chi connectivity index (χ0n) is 21.3. The van der Waals surface area contributed by atoms with Crippen LogP contribution in [0, 0.1) is 6.92 Å². The molecule has 0 spiro atoms. The first-order valence-corrected chi connectivity index (χ1v) is 12.2. The van der Waals surface area contributed by atoms with Crippen LogP contribution in [0.5, 0.6) is 11.5 Å². The Balaban J connectivity index is 1.23. The average Bonchev–Trinajstić information content (AvgIpc) is 3.30. The fourth-order valence-electron chi connectivity index (χ4n) is 4.33. The third-order valence-electron chi connectivity index (χ3n) is 6.33. The summed E-state index contributed by atoms with van der Waals surface area (Å²) in [7, 11) is 3.95. The van der Waals surface area contributed by atoms with Crippen molar-refractivity contribution >= 4 is 39.5 Å². The summed E-state index contributed by atoms with van der Waals surface area (Å²) in [6, 6.07) is 22.1. The Morgan fingerprint density at radius 2 is 1.79 bits per heavy atom. The van der Waals surface area contributed by atoms with E-state index in [0.29, 0.717) is 29.3 Å². The summed E-state index contributed by atoms with van der Waals surface area (Å²) in [4.78, 5) is 24.5. The van der Waals surface area contributed by atoms with Crippen molar-refractivity contribution in [3.05, 3.63) is 96.7 Å². The van der Waals surface area contributed by atoms with Gasteiger partial charge in [0, 0.05) is 32.4 Å². The smallest absolute Gasteiger partial charge is 0.226 e. The number of imidazole rings is 1. The second kappa shape index (κ2) is 9.78. The van der Waals surface area contributed by atoms with Crippen LogP contribution in [0.2, 0.25) is 0 Å². The van der Waals surface area contributed by atoms with Crippen molar-refractivity contribution in [2.75, 3.05) is 17.3 Å². The lowest BCUT2D eigenvalue weighted by Crippen LogP contribution is -2.19. The molecule has 0 radical (unpaired) electrons. The molecular formula is C29H26N8O. The first-order valence-electron chi connectivity index (χ1n) is 12.2. The number of nitrogens with one attached hydrogen (secondary N) is 1. The summed E-state index contributed by atoms with van der Waals surface area (Å²) in [5.74, 6) is 2.72. The predicted octanol–water partition coefficient (Wildman–Crippen LogP) is 5.79. The van der Waals surface area contributed by atoms with E-state index < -0.39 is 0 Å². The SMILES string of the molecule is Cc1cc(Nc2ncnc3cnc(N(C)Cc4ccccc4)nc23)ccc1Oc1ccc2c(c1)ncn2C. The molecule has 0 saturated heterocycles. The Labute approximate surface area is 219 Å². The van der Waals surface area contributed by atoms with Gasteiger partial charge in [-0.05, 0) is 48.4 Å². The quantitative estimate of drug-likeness (QED) is 0.293. The molecule has 0 fully saturated rings. The maximum absolute atomic E-state index is 6.16. The van der Waals surface area contributed by atoms with E-state index in [1.54, 1.807) is 12.5 Å². The maximum Gasteiger partial charge on any atom is 0.226 e. The van der Waals surface area contributed by atoms with E-state index in [1.807, 2.05) is 85.1 Å². The standard InChI is InChI=1S/C29H26N8O/c1-19-13-21(9-12-26(19)38-22-10-11-25-23(14-22)33-18-37(25)3)34-28-27-24(31-17-32-28)15-30-29(35-27)36(2)16-20-7-5-4-6-8-20/h4-15,17-18H,16H2,1-3H3,(H,31,32,34). The van der Waals surface area contributed by atoms with E-state index >= 15 is 0 Å². The molecule has 0 aliphatic heterocycles. The maximum atomic E-state index is 6.16. The number of hydrogen-bond acceptors (Lipinski definition) is 8. The van der Waals surface area contributed by atoms with E-state index in [2.05, 4.69) is 37.4 Å². The van der Waals surface area contributed by atoms with Gasteiger partial charge in [-0.15, -0.1) is 0 Å². The molecule has 188 valence electrons. The van der Waals surface area contributed by atoms with Gasteiger partial charge in [0.25, 0.3) is 0 Å². The van der Waals surface area contributed by atoms with Gasteiger partial charge in [0.15, 0.2) is 5.82 Å². The monoisotopic (exact) mass is 502 g/mol. The third kappa shape index (κ3) is 4.69. The number of aromatic nitrogens is 6. The van der Waals surface area contributed by atoms with Crippen LogP contribution in [0.25, 0.3) is 22.1 Å². The molecule has 3 heterocycles. The number of ether oxygens (including phenoxy) is 1. The van der Waals surface area contributed by atoms with Crippen LogP contribution in [0.1, 0.15) is 11.1 Å². The highest BCUT2D eigenvalue weighted by atomic mass is 16.5. The highest BCUT2D eigenvalue weighted by molar-refractivity contribution is 5.87. The summed E-state index contributed by atoms with van der Waals surface area (Å²) in [5, 5.41) is 3.39. The van der Waals surface area contributed by atoms with Gasteiger partial charge in [-0.3, -0.25) is 0 Å². The van der Waals surface area contributed by atoms with E-state index in [-0.39, 0.29) is 0 Å². The lowest BCUT2D eigenvalue weighted by molar-refractivity contribution is 0.479. The van der Waals surface area contributed by atoms with Crippen molar-refractivity contribution in [2.24, 2.45) is 7.05 Å². The molecule has 3 aromatic heterocycles. The number of nitrogens with zero attached hydrogens (tertiary/aromatic N) is 7. The zero-order valence-corrected chi connectivity index (χ0v) is 21.3. The lowest BCUT2D eigenvalue weighted by Gasteiger charge is -2.18. The molecule has 3 aromatic carbocycles. The molecule has 38 heavy (non-hydrogen) atoms. The number of rotatable bonds is 7. The predicted molar refractivity (Wildman–Crippen MR) is 149 cm³/mol. The normalized spacial score (nSPS) is 11.1. The molecule has 0 saturated carbocycles. The summed E-state index contributed by atoms with van der Waals surface area (Å²) < 4.78 is 8.15. The van der Waals surface area contributed by atoms with Gasteiger partial charge >= 0.3 is 0 Å². The van der Waals surface area contributed by atoms with Crippen molar-refractivity contribution in [2.45, 2.75) is 13.5 Å². The topological polar surface area (TPSA) is 93.9 Å². The van der Waals surface area contributed by atoms with Gasteiger partial charge < -0.3 is 19.5 Å². The third-order valence-corrected chi connectivity index (χ3v) is 6.33. The summed E-state index contributed by atoms with van der Waals surface area (Å²) in [6.45, 7) is 2.70. The molecule has 0 unspecified atom stereocenters. The van der Waals surface area contributed by atoms with Gasteiger partial charge in [0.1, 0.15) is 28.9 Å². The average molecular weight is 503 g/mol. The van der Waals surface area contributed by atoms with Gasteiger partial charge in [-0.2, -0.15) is 0 Å². The van der Waals surface area contributed by atoms with Crippen LogP contribution in [0.15, 0.2) is 85.6 Å². The second-order valence-electron chi connectivity index (χ2n) is 9.18. The van der Waals surface area contributed by atoms with Crippen molar-refractivity contribution in [1.82, 2.24) is 29.5 Å². The van der Waals surface area contributed by atoms with E-state index in [4.69, 9.17) is 9.72 Å². The molecule has 0 bridgehead atoms. The Bertz CT molecular complexity index is 1750. The first kappa shape index (κ1) is 23.4. The minimum absolute atomic E-state index is 0.601. The van der Waals surface area contributed by atoms with Gasteiger partial charge in [-0.1, -0.05) is 30.3 Å².